The Morgan fingerprint density at radius 2 is 2.23 bits per heavy atom. The molecule has 3 aliphatic rings. The highest BCUT2D eigenvalue weighted by atomic mass is 15.1. The maximum atomic E-state index is 9.33. The molecule has 70 valence electrons. The van der Waals surface area contributed by atoms with Crippen LogP contribution in [0.1, 0.15) is 33.1 Å². The van der Waals surface area contributed by atoms with Crippen LogP contribution < -0.4 is 5.32 Å². The summed E-state index contributed by atoms with van der Waals surface area (Å²) >= 11 is 0. The molecule has 3 fully saturated rings. The molecule has 2 heteroatoms. The molecule has 2 saturated carbocycles. The molecule has 13 heavy (non-hydrogen) atoms. The van der Waals surface area contributed by atoms with Crippen LogP contribution in [0, 0.1) is 28.1 Å². The molecule has 1 N–H and O–H groups in total. The number of hydrogen-bond acceptors (Lipinski definition) is 2. The van der Waals surface area contributed by atoms with Gasteiger partial charge in [0, 0.05) is 12.0 Å². The molecular weight excluding hydrogens is 160 g/mol. The average molecular weight is 176 g/mol. The maximum absolute atomic E-state index is 9.33. The Morgan fingerprint density at radius 3 is 2.69 bits per heavy atom. The van der Waals surface area contributed by atoms with Crippen molar-refractivity contribution < 1.29 is 0 Å². The Kier molecular flexibility index (Phi) is 1.07. The lowest BCUT2D eigenvalue weighted by Gasteiger charge is -2.37. The predicted molar refractivity (Wildman–Crippen MR) is 49.9 cm³/mol. The second-order valence-electron chi connectivity index (χ2n) is 5.56. The van der Waals surface area contributed by atoms with Gasteiger partial charge in [-0.15, -0.1) is 0 Å². The highest BCUT2D eigenvalue weighted by Crippen LogP contribution is 2.72. The molecule has 0 aromatic carbocycles. The third kappa shape index (κ3) is 0.518. The second kappa shape index (κ2) is 1.79. The zero-order valence-corrected chi connectivity index (χ0v) is 8.35. The van der Waals surface area contributed by atoms with E-state index in [1.807, 2.05) is 0 Å². The summed E-state index contributed by atoms with van der Waals surface area (Å²) in [6.07, 6.45) is 3.68. The smallest absolute Gasteiger partial charge is 0.113 e. The molecule has 0 aromatic rings. The molecule has 2 nitrogen and oxygen atoms in total. The molecule has 0 aromatic heterocycles. The van der Waals surface area contributed by atoms with E-state index in [4.69, 9.17) is 0 Å². The average Bonchev–Trinajstić information content (AvgIpc) is 2.58. The molecule has 1 aliphatic heterocycles. The van der Waals surface area contributed by atoms with E-state index in [0.717, 1.165) is 18.9 Å². The quantitative estimate of drug-likeness (QED) is 0.609. The summed E-state index contributed by atoms with van der Waals surface area (Å²) in [5, 5.41) is 12.8. The first-order valence-corrected chi connectivity index (χ1v) is 5.24. The van der Waals surface area contributed by atoms with Crippen molar-refractivity contribution in [1.29, 1.82) is 5.26 Å². The fourth-order valence-electron chi connectivity index (χ4n) is 4.29. The summed E-state index contributed by atoms with van der Waals surface area (Å²) in [6.45, 7) is 5.76. The number of hydrogen-bond donors (Lipinski definition) is 1. The van der Waals surface area contributed by atoms with Gasteiger partial charge in [0.15, 0.2) is 0 Å². The highest BCUT2D eigenvalue weighted by Gasteiger charge is 2.75. The van der Waals surface area contributed by atoms with Crippen LogP contribution in [0.25, 0.3) is 0 Å². The molecule has 4 bridgehead atoms. The van der Waals surface area contributed by atoms with Gasteiger partial charge in [-0.25, -0.2) is 0 Å². The van der Waals surface area contributed by atoms with Crippen molar-refractivity contribution in [3.05, 3.63) is 0 Å². The van der Waals surface area contributed by atoms with Crippen molar-refractivity contribution in [2.75, 3.05) is 6.54 Å². The van der Waals surface area contributed by atoms with Gasteiger partial charge < -0.3 is 0 Å². The SMILES string of the molecule is C[C@@]12CC[C@H]3C[C@@]1(C#N)NC[C@@]32C. The van der Waals surface area contributed by atoms with E-state index >= 15 is 0 Å². The fraction of sp³-hybridized carbons (Fsp3) is 0.909. The van der Waals surface area contributed by atoms with Gasteiger partial charge in [0.25, 0.3) is 0 Å². The van der Waals surface area contributed by atoms with Gasteiger partial charge in [-0.2, -0.15) is 5.26 Å². The first-order chi connectivity index (χ1) is 6.08. The summed E-state index contributed by atoms with van der Waals surface area (Å²) in [7, 11) is 0. The highest BCUT2D eigenvalue weighted by molar-refractivity contribution is 5.34. The van der Waals surface area contributed by atoms with Gasteiger partial charge in [-0.1, -0.05) is 13.8 Å². The Labute approximate surface area is 79.3 Å². The summed E-state index contributed by atoms with van der Waals surface area (Å²) in [5.74, 6) is 0.804. The largest absolute Gasteiger partial charge is 0.298 e. The van der Waals surface area contributed by atoms with Crippen LogP contribution in [0.2, 0.25) is 0 Å². The van der Waals surface area contributed by atoms with Crippen LogP contribution in [0.3, 0.4) is 0 Å². The Hall–Kier alpha value is -0.550. The summed E-state index contributed by atoms with van der Waals surface area (Å²) in [6, 6.07) is 2.55. The van der Waals surface area contributed by atoms with Gasteiger partial charge in [-0.3, -0.25) is 5.32 Å². The van der Waals surface area contributed by atoms with Crippen molar-refractivity contribution in [3.63, 3.8) is 0 Å². The maximum Gasteiger partial charge on any atom is 0.113 e. The van der Waals surface area contributed by atoms with Crippen LogP contribution in [0.5, 0.6) is 0 Å². The van der Waals surface area contributed by atoms with Gasteiger partial charge >= 0.3 is 0 Å². The van der Waals surface area contributed by atoms with Crippen LogP contribution in [0.4, 0.5) is 0 Å². The minimum absolute atomic E-state index is 0.176. The van der Waals surface area contributed by atoms with Crippen molar-refractivity contribution in [2.24, 2.45) is 16.7 Å². The molecule has 0 amide bonds. The van der Waals surface area contributed by atoms with E-state index in [1.165, 1.54) is 12.8 Å². The van der Waals surface area contributed by atoms with Crippen LogP contribution >= 0.6 is 0 Å². The minimum Gasteiger partial charge on any atom is -0.298 e. The molecule has 4 atom stereocenters. The minimum atomic E-state index is -0.176. The molecule has 1 heterocycles. The molecule has 3 rings (SSSR count). The lowest BCUT2D eigenvalue weighted by atomic mass is 9.66. The lowest BCUT2D eigenvalue weighted by Crippen LogP contribution is -2.49. The van der Waals surface area contributed by atoms with Gasteiger partial charge in [0.1, 0.15) is 5.54 Å². The third-order valence-corrected chi connectivity index (χ3v) is 5.60. The lowest BCUT2D eigenvalue weighted by molar-refractivity contribution is 0.160. The standard InChI is InChI=1S/C11H16N2/c1-9-7-13-11(6-12)5-8(9)3-4-10(9,11)2/h8,13H,3-5,7H2,1-2H3/t8-,9-,10-,11-/m0/s1. The van der Waals surface area contributed by atoms with Crippen molar-refractivity contribution >= 4 is 0 Å². The first kappa shape index (κ1) is 7.82. The molecular formula is C11H16N2. The first-order valence-electron chi connectivity index (χ1n) is 5.24. The summed E-state index contributed by atoms with van der Waals surface area (Å²) in [5.41, 5.74) is 0.479. The van der Waals surface area contributed by atoms with E-state index in [0.29, 0.717) is 5.41 Å². The summed E-state index contributed by atoms with van der Waals surface area (Å²) < 4.78 is 0. The van der Waals surface area contributed by atoms with Crippen molar-refractivity contribution in [2.45, 2.75) is 38.6 Å². The van der Waals surface area contributed by atoms with Crippen molar-refractivity contribution in [1.82, 2.24) is 5.32 Å². The number of piperidine rings is 1. The van der Waals surface area contributed by atoms with Gasteiger partial charge in [0.2, 0.25) is 0 Å². The van der Waals surface area contributed by atoms with Crippen LogP contribution in [0.15, 0.2) is 0 Å². The number of nitrogens with zero attached hydrogens (tertiary/aromatic N) is 1. The molecule has 1 saturated heterocycles. The van der Waals surface area contributed by atoms with E-state index < -0.39 is 0 Å². The Morgan fingerprint density at radius 1 is 1.46 bits per heavy atom. The molecule has 0 spiro atoms. The molecule has 2 aliphatic carbocycles. The number of rotatable bonds is 0. The van der Waals surface area contributed by atoms with E-state index in [9.17, 15) is 5.26 Å². The monoisotopic (exact) mass is 176 g/mol. The Balaban J connectivity index is 2.21. The summed E-state index contributed by atoms with van der Waals surface area (Å²) in [4.78, 5) is 0. The number of nitrogens with one attached hydrogen (secondary N) is 1. The van der Waals surface area contributed by atoms with E-state index in [-0.39, 0.29) is 11.0 Å². The van der Waals surface area contributed by atoms with Gasteiger partial charge in [-0.05, 0) is 30.6 Å². The Bertz CT molecular complexity index is 319. The molecule has 0 radical (unpaired) electrons. The predicted octanol–water partition coefficient (Wildman–Crippen LogP) is 1.68. The topological polar surface area (TPSA) is 35.8 Å². The van der Waals surface area contributed by atoms with Crippen LogP contribution in [-0.2, 0) is 0 Å². The van der Waals surface area contributed by atoms with E-state index in [1.54, 1.807) is 0 Å². The molecule has 0 unspecified atom stereocenters. The second-order valence-corrected chi connectivity index (χ2v) is 5.56. The van der Waals surface area contributed by atoms with E-state index in [2.05, 4.69) is 25.2 Å². The zero-order valence-electron chi connectivity index (χ0n) is 8.35. The van der Waals surface area contributed by atoms with Crippen molar-refractivity contribution in [3.8, 4) is 6.07 Å². The van der Waals surface area contributed by atoms with Crippen LogP contribution in [-0.4, -0.2) is 12.1 Å². The fourth-order valence-corrected chi connectivity index (χ4v) is 4.29. The zero-order chi connectivity index (χ0) is 9.32. The third-order valence-electron chi connectivity index (χ3n) is 5.60. The normalized spacial score (nSPS) is 62.7. The number of nitriles is 1. The van der Waals surface area contributed by atoms with Gasteiger partial charge in [0.05, 0.1) is 6.07 Å².